The highest BCUT2D eigenvalue weighted by Gasteiger charge is 2.16. The largest absolute Gasteiger partial charge is 0.392 e. The van der Waals surface area contributed by atoms with Crippen LogP contribution in [0.3, 0.4) is 0 Å². The van der Waals surface area contributed by atoms with Crippen LogP contribution in [0.1, 0.15) is 29.5 Å². The first-order valence-corrected chi connectivity index (χ1v) is 9.46. The van der Waals surface area contributed by atoms with Gasteiger partial charge in [-0.3, -0.25) is 9.80 Å². The van der Waals surface area contributed by atoms with Gasteiger partial charge in [0.15, 0.2) is 0 Å². The van der Waals surface area contributed by atoms with Crippen molar-refractivity contribution >= 4 is 0 Å². The van der Waals surface area contributed by atoms with Crippen molar-refractivity contribution in [3.8, 4) is 0 Å². The Hall–Kier alpha value is -1.20. The van der Waals surface area contributed by atoms with Crippen LogP contribution in [0.2, 0.25) is 0 Å². The Bertz CT molecular complexity index is 527. The van der Waals surface area contributed by atoms with Gasteiger partial charge in [0.05, 0.1) is 19.3 Å². The van der Waals surface area contributed by atoms with Crippen molar-refractivity contribution in [3.05, 3.63) is 47.5 Å². The first-order valence-electron chi connectivity index (χ1n) is 9.46. The van der Waals surface area contributed by atoms with E-state index in [1.807, 2.05) is 6.08 Å². The second-order valence-corrected chi connectivity index (χ2v) is 7.14. The SMILES string of the molecule is C=CCCC(O)CN(CCN1CCOCC1)Cc1ccc(C)cc1C. The molecule has 1 atom stereocenters. The van der Waals surface area contributed by atoms with Crippen LogP contribution < -0.4 is 0 Å². The number of nitrogens with zero attached hydrogens (tertiary/aromatic N) is 2. The average molecular weight is 347 g/mol. The number of rotatable bonds is 10. The van der Waals surface area contributed by atoms with Gasteiger partial charge in [-0.15, -0.1) is 6.58 Å². The molecule has 4 heteroatoms. The maximum Gasteiger partial charge on any atom is 0.0670 e. The second-order valence-electron chi connectivity index (χ2n) is 7.14. The number of ether oxygens (including phenoxy) is 1. The third kappa shape index (κ3) is 7.28. The maximum atomic E-state index is 10.4. The molecule has 0 spiro atoms. The summed E-state index contributed by atoms with van der Waals surface area (Å²) in [6.45, 7) is 15.4. The van der Waals surface area contributed by atoms with Crippen molar-refractivity contribution in [1.82, 2.24) is 9.80 Å². The minimum Gasteiger partial charge on any atom is -0.392 e. The van der Waals surface area contributed by atoms with E-state index in [2.05, 4.69) is 48.4 Å². The van der Waals surface area contributed by atoms with Crippen LogP contribution in [-0.2, 0) is 11.3 Å². The first-order chi connectivity index (χ1) is 12.1. The normalized spacial score (nSPS) is 17.0. The maximum absolute atomic E-state index is 10.4. The molecule has 2 rings (SSSR count). The van der Waals surface area contributed by atoms with Crippen molar-refractivity contribution in [2.75, 3.05) is 45.9 Å². The summed E-state index contributed by atoms with van der Waals surface area (Å²) >= 11 is 0. The van der Waals surface area contributed by atoms with Crippen LogP contribution in [0.15, 0.2) is 30.9 Å². The molecule has 1 aliphatic rings. The van der Waals surface area contributed by atoms with E-state index in [-0.39, 0.29) is 6.10 Å². The van der Waals surface area contributed by atoms with Gasteiger partial charge in [0.2, 0.25) is 0 Å². The molecule has 1 unspecified atom stereocenters. The Kier molecular flexibility index (Phi) is 8.62. The molecule has 0 saturated carbocycles. The van der Waals surface area contributed by atoms with E-state index >= 15 is 0 Å². The molecule has 1 aliphatic heterocycles. The number of hydrogen-bond acceptors (Lipinski definition) is 4. The minimum absolute atomic E-state index is 0.298. The molecule has 1 heterocycles. The lowest BCUT2D eigenvalue weighted by atomic mass is 10.0. The summed E-state index contributed by atoms with van der Waals surface area (Å²) in [5.41, 5.74) is 3.98. The molecule has 0 radical (unpaired) electrons. The molecule has 0 aromatic heterocycles. The number of aliphatic hydroxyl groups is 1. The molecular weight excluding hydrogens is 312 g/mol. The van der Waals surface area contributed by atoms with Gasteiger partial charge >= 0.3 is 0 Å². The van der Waals surface area contributed by atoms with Gasteiger partial charge in [0, 0.05) is 39.3 Å². The molecule has 1 fully saturated rings. The van der Waals surface area contributed by atoms with Gasteiger partial charge in [-0.05, 0) is 37.8 Å². The summed E-state index contributed by atoms with van der Waals surface area (Å²) < 4.78 is 5.43. The number of aryl methyl sites for hydroxylation is 2. The third-order valence-corrected chi connectivity index (χ3v) is 4.90. The highest BCUT2D eigenvalue weighted by atomic mass is 16.5. The summed E-state index contributed by atoms with van der Waals surface area (Å²) in [6, 6.07) is 6.64. The van der Waals surface area contributed by atoms with E-state index in [9.17, 15) is 5.11 Å². The number of morpholine rings is 1. The minimum atomic E-state index is -0.298. The van der Waals surface area contributed by atoms with Gasteiger partial charge in [-0.2, -0.15) is 0 Å². The topological polar surface area (TPSA) is 35.9 Å². The zero-order valence-corrected chi connectivity index (χ0v) is 15.9. The van der Waals surface area contributed by atoms with Crippen LogP contribution in [0, 0.1) is 13.8 Å². The van der Waals surface area contributed by atoms with Crippen molar-refractivity contribution in [2.24, 2.45) is 0 Å². The second kappa shape index (κ2) is 10.7. The lowest BCUT2D eigenvalue weighted by Crippen LogP contribution is -2.43. The van der Waals surface area contributed by atoms with Crippen molar-refractivity contribution in [2.45, 2.75) is 39.3 Å². The van der Waals surface area contributed by atoms with Gasteiger partial charge in [-0.25, -0.2) is 0 Å². The van der Waals surface area contributed by atoms with Crippen LogP contribution in [0.4, 0.5) is 0 Å². The quantitative estimate of drug-likeness (QED) is 0.661. The Morgan fingerprint density at radius 1 is 1.32 bits per heavy atom. The Morgan fingerprint density at radius 3 is 2.76 bits per heavy atom. The van der Waals surface area contributed by atoms with Gasteiger partial charge in [0.1, 0.15) is 0 Å². The molecule has 1 saturated heterocycles. The van der Waals surface area contributed by atoms with Crippen LogP contribution in [0.5, 0.6) is 0 Å². The Balaban J connectivity index is 1.95. The van der Waals surface area contributed by atoms with Crippen molar-refractivity contribution < 1.29 is 9.84 Å². The zero-order chi connectivity index (χ0) is 18.1. The fourth-order valence-corrected chi connectivity index (χ4v) is 3.31. The predicted octanol–water partition coefficient (Wildman–Crippen LogP) is 2.76. The fourth-order valence-electron chi connectivity index (χ4n) is 3.31. The summed E-state index contributed by atoms with van der Waals surface area (Å²) in [6.07, 6.45) is 3.23. The number of allylic oxidation sites excluding steroid dienone is 1. The first kappa shape index (κ1) is 20.1. The van der Waals surface area contributed by atoms with Crippen molar-refractivity contribution in [1.29, 1.82) is 0 Å². The standard InChI is InChI=1S/C21H34N2O2/c1-4-5-6-21(24)17-23(10-9-22-11-13-25-14-12-22)16-20-8-7-18(2)15-19(20)3/h4,7-8,15,21,24H,1,5-6,9-14,16-17H2,2-3H3. The highest BCUT2D eigenvalue weighted by Crippen LogP contribution is 2.14. The third-order valence-electron chi connectivity index (χ3n) is 4.90. The average Bonchev–Trinajstić information content (AvgIpc) is 2.61. The van der Waals surface area contributed by atoms with E-state index < -0.39 is 0 Å². The van der Waals surface area contributed by atoms with E-state index in [4.69, 9.17) is 4.74 Å². The van der Waals surface area contributed by atoms with Crippen molar-refractivity contribution in [3.63, 3.8) is 0 Å². The molecule has 140 valence electrons. The molecular formula is C21H34N2O2. The van der Waals surface area contributed by atoms with E-state index in [0.29, 0.717) is 6.54 Å². The van der Waals surface area contributed by atoms with E-state index in [0.717, 1.165) is 58.8 Å². The molecule has 0 bridgehead atoms. The lowest BCUT2D eigenvalue weighted by Gasteiger charge is -2.31. The Morgan fingerprint density at radius 2 is 2.08 bits per heavy atom. The predicted molar refractivity (Wildman–Crippen MR) is 104 cm³/mol. The van der Waals surface area contributed by atoms with Gasteiger partial charge in [-0.1, -0.05) is 29.8 Å². The number of hydrogen-bond donors (Lipinski definition) is 1. The van der Waals surface area contributed by atoms with E-state index in [1.165, 1.54) is 16.7 Å². The zero-order valence-electron chi connectivity index (χ0n) is 15.9. The number of aliphatic hydroxyl groups excluding tert-OH is 1. The van der Waals surface area contributed by atoms with Gasteiger partial charge < -0.3 is 9.84 Å². The molecule has 1 aromatic carbocycles. The molecule has 1 N–H and O–H groups in total. The molecule has 0 aliphatic carbocycles. The summed E-state index contributed by atoms with van der Waals surface area (Å²) in [5, 5.41) is 10.4. The highest BCUT2D eigenvalue weighted by molar-refractivity contribution is 5.30. The fraction of sp³-hybridized carbons (Fsp3) is 0.619. The number of benzene rings is 1. The van der Waals surface area contributed by atoms with Gasteiger partial charge in [0.25, 0.3) is 0 Å². The van der Waals surface area contributed by atoms with Crippen LogP contribution in [-0.4, -0.2) is 66.9 Å². The molecule has 1 aromatic rings. The summed E-state index contributed by atoms with van der Waals surface area (Å²) in [5.74, 6) is 0. The molecule has 0 amide bonds. The molecule has 4 nitrogen and oxygen atoms in total. The van der Waals surface area contributed by atoms with E-state index in [1.54, 1.807) is 0 Å². The summed E-state index contributed by atoms with van der Waals surface area (Å²) in [7, 11) is 0. The summed E-state index contributed by atoms with van der Waals surface area (Å²) in [4.78, 5) is 4.84. The smallest absolute Gasteiger partial charge is 0.0670 e. The van der Waals surface area contributed by atoms with Crippen LogP contribution >= 0.6 is 0 Å². The monoisotopic (exact) mass is 346 g/mol. The van der Waals surface area contributed by atoms with Crippen LogP contribution in [0.25, 0.3) is 0 Å². The Labute approximate surface area is 153 Å². The lowest BCUT2D eigenvalue weighted by molar-refractivity contribution is 0.0288. The molecule has 25 heavy (non-hydrogen) atoms.